The number of carbonyl (C=O) groups is 1. The number of hydrogen-bond donors (Lipinski definition) is 1. The molecule has 7 heteroatoms. The topological polar surface area (TPSA) is 64.0 Å². The second kappa shape index (κ2) is 7.04. The minimum Gasteiger partial charge on any atom is -0.322 e. The molecule has 0 fully saturated rings. The molecule has 5 nitrogen and oxygen atoms in total. The van der Waals surface area contributed by atoms with Crippen LogP contribution in [0.4, 0.5) is 14.5 Å². The maximum absolute atomic E-state index is 13.6. The molecule has 0 saturated heterocycles. The third-order valence-electron chi connectivity index (χ3n) is 3.43. The molecule has 126 valence electrons. The number of carbonyl (C=O) groups excluding carboxylic acids is 1. The Morgan fingerprint density at radius 3 is 2.56 bits per heavy atom. The van der Waals surface area contributed by atoms with Gasteiger partial charge in [-0.2, -0.15) is 5.10 Å². The number of halogens is 2. The summed E-state index contributed by atoms with van der Waals surface area (Å²) in [4.78, 5) is 23.9. The molecule has 3 aromatic rings. The molecule has 0 aliphatic carbocycles. The van der Waals surface area contributed by atoms with Crippen molar-refractivity contribution in [3.63, 3.8) is 0 Å². The van der Waals surface area contributed by atoms with E-state index < -0.39 is 29.6 Å². The van der Waals surface area contributed by atoms with Gasteiger partial charge in [0.25, 0.3) is 5.56 Å². The molecular formula is C18H13F2N3O2. The van der Waals surface area contributed by atoms with Crippen LogP contribution in [-0.4, -0.2) is 15.7 Å². The van der Waals surface area contributed by atoms with Crippen molar-refractivity contribution in [2.75, 3.05) is 5.32 Å². The molecule has 0 atom stereocenters. The van der Waals surface area contributed by atoms with Gasteiger partial charge in [-0.15, -0.1) is 0 Å². The molecule has 2 aromatic carbocycles. The van der Waals surface area contributed by atoms with Gasteiger partial charge in [0.2, 0.25) is 5.91 Å². The third kappa shape index (κ3) is 3.95. The van der Waals surface area contributed by atoms with Crippen LogP contribution in [0.15, 0.2) is 65.5 Å². The Morgan fingerprint density at radius 2 is 1.80 bits per heavy atom. The fourth-order valence-corrected chi connectivity index (χ4v) is 2.24. The molecule has 0 bridgehead atoms. The van der Waals surface area contributed by atoms with Gasteiger partial charge in [-0.3, -0.25) is 9.59 Å². The summed E-state index contributed by atoms with van der Waals surface area (Å²) in [5.41, 5.74) is 0.532. The van der Waals surface area contributed by atoms with E-state index in [1.165, 1.54) is 6.07 Å². The second-order valence-electron chi connectivity index (χ2n) is 5.25. The van der Waals surface area contributed by atoms with Crippen LogP contribution in [0, 0.1) is 11.6 Å². The van der Waals surface area contributed by atoms with Crippen LogP contribution in [0.5, 0.6) is 0 Å². The highest BCUT2D eigenvalue weighted by atomic mass is 19.1. The minimum absolute atomic E-state index is 0.294. The third-order valence-corrected chi connectivity index (χ3v) is 3.43. The Balaban J connectivity index is 1.81. The van der Waals surface area contributed by atoms with Gasteiger partial charge in [-0.05, 0) is 18.2 Å². The highest BCUT2D eigenvalue weighted by molar-refractivity contribution is 5.90. The zero-order chi connectivity index (χ0) is 17.8. The lowest BCUT2D eigenvalue weighted by Crippen LogP contribution is -2.29. The molecule has 0 spiro atoms. The molecule has 1 amide bonds. The van der Waals surface area contributed by atoms with Crippen LogP contribution in [0.1, 0.15) is 0 Å². The summed E-state index contributed by atoms with van der Waals surface area (Å²) in [7, 11) is 0. The predicted molar refractivity (Wildman–Crippen MR) is 88.9 cm³/mol. The summed E-state index contributed by atoms with van der Waals surface area (Å²) in [6.07, 6.45) is 0. The fourth-order valence-electron chi connectivity index (χ4n) is 2.24. The maximum Gasteiger partial charge on any atom is 0.267 e. The summed E-state index contributed by atoms with van der Waals surface area (Å²) < 4.78 is 27.7. The van der Waals surface area contributed by atoms with E-state index in [1.807, 2.05) is 30.3 Å². The highest BCUT2D eigenvalue weighted by Gasteiger charge is 2.11. The van der Waals surface area contributed by atoms with Crippen molar-refractivity contribution in [2.24, 2.45) is 0 Å². The normalized spacial score (nSPS) is 10.5. The number of anilines is 1. The number of nitrogens with one attached hydrogen (secondary N) is 1. The number of aromatic nitrogens is 2. The van der Waals surface area contributed by atoms with Gasteiger partial charge in [0.05, 0.1) is 11.4 Å². The van der Waals surface area contributed by atoms with Gasteiger partial charge in [-0.25, -0.2) is 13.5 Å². The van der Waals surface area contributed by atoms with Crippen LogP contribution in [-0.2, 0) is 11.3 Å². The minimum atomic E-state index is -0.770. The fraction of sp³-hybridized carbons (Fsp3) is 0.0556. The first-order valence-corrected chi connectivity index (χ1v) is 7.41. The lowest BCUT2D eigenvalue weighted by molar-refractivity contribution is -0.117. The van der Waals surface area contributed by atoms with E-state index in [0.717, 1.165) is 28.4 Å². The molecule has 3 rings (SSSR count). The van der Waals surface area contributed by atoms with Crippen molar-refractivity contribution >= 4 is 11.6 Å². The maximum atomic E-state index is 13.6. The van der Waals surface area contributed by atoms with Gasteiger partial charge < -0.3 is 5.32 Å². The number of hydrogen-bond acceptors (Lipinski definition) is 3. The monoisotopic (exact) mass is 341 g/mol. The largest absolute Gasteiger partial charge is 0.322 e. The van der Waals surface area contributed by atoms with Crippen molar-refractivity contribution in [1.82, 2.24) is 9.78 Å². The van der Waals surface area contributed by atoms with Gasteiger partial charge in [-0.1, -0.05) is 30.3 Å². The highest BCUT2D eigenvalue weighted by Crippen LogP contribution is 2.16. The van der Waals surface area contributed by atoms with Crippen LogP contribution in [0.2, 0.25) is 0 Å². The zero-order valence-electron chi connectivity index (χ0n) is 12.9. The first-order valence-electron chi connectivity index (χ1n) is 7.41. The second-order valence-corrected chi connectivity index (χ2v) is 5.25. The van der Waals surface area contributed by atoms with Gasteiger partial charge in [0.1, 0.15) is 18.2 Å². The van der Waals surface area contributed by atoms with Crippen LogP contribution < -0.4 is 10.9 Å². The Labute approximate surface area is 141 Å². The summed E-state index contributed by atoms with van der Waals surface area (Å²) in [5.74, 6) is -2.14. The molecule has 25 heavy (non-hydrogen) atoms. The van der Waals surface area contributed by atoms with E-state index >= 15 is 0 Å². The van der Waals surface area contributed by atoms with Crippen LogP contribution in [0.3, 0.4) is 0 Å². The van der Waals surface area contributed by atoms with Crippen LogP contribution in [0.25, 0.3) is 11.3 Å². The van der Waals surface area contributed by atoms with E-state index in [1.54, 1.807) is 6.07 Å². The zero-order valence-corrected chi connectivity index (χ0v) is 12.9. The van der Waals surface area contributed by atoms with Crippen LogP contribution >= 0.6 is 0 Å². The molecule has 0 saturated carbocycles. The Bertz CT molecular complexity index is 972. The van der Waals surface area contributed by atoms with Crippen molar-refractivity contribution in [2.45, 2.75) is 6.54 Å². The van der Waals surface area contributed by atoms with Gasteiger partial charge in [0.15, 0.2) is 0 Å². The standard InChI is InChI=1S/C18H13F2N3O2/c19-13-6-7-14(20)16(10-13)21-17(24)11-23-18(25)9-8-15(22-23)12-4-2-1-3-5-12/h1-10H,11H2,(H,21,24). The summed E-state index contributed by atoms with van der Waals surface area (Å²) in [6.45, 7) is -0.421. The van der Waals surface area contributed by atoms with Crippen molar-refractivity contribution in [3.8, 4) is 11.3 Å². The van der Waals surface area contributed by atoms with Crippen molar-refractivity contribution < 1.29 is 13.6 Å². The summed E-state index contributed by atoms with van der Waals surface area (Å²) in [5, 5.41) is 6.37. The van der Waals surface area contributed by atoms with E-state index in [0.29, 0.717) is 5.69 Å². The molecular weight excluding hydrogens is 328 g/mol. The summed E-state index contributed by atoms with van der Waals surface area (Å²) >= 11 is 0. The first kappa shape index (κ1) is 16.5. The number of amides is 1. The van der Waals surface area contributed by atoms with E-state index in [-0.39, 0.29) is 5.69 Å². The Kier molecular flexibility index (Phi) is 4.65. The van der Waals surface area contributed by atoms with Gasteiger partial charge in [0, 0.05) is 17.7 Å². The Morgan fingerprint density at radius 1 is 1.04 bits per heavy atom. The molecule has 1 N–H and O–H groups in total. The molecule has 0 aliphatic rings. The van der Waals surface area contributed by atoms with E-state index in [2.05, 4.69) is 10.4 Å². The quantitative estimate of drug-likeness (QED) is 0.794. The number of rotatable bonds is 4. The molecule has 0 unspecified atom stereocenters. The number of nitrogens with zero attached hydrogens (tertiary/aromatic N) is 2. The molecule has 0 aliphatic heterocycles. The molecule has 1 aromatic heterocycles. The van der Waals surface area contributed by atoms with Gasteiger partial charge >= 0.3 is 0 Å². The molecule has 0 radical (unpaired) electrons. The average molecular weight is 341 g/mol. The number of benzene rings is 2. The predicted octanol–water partition coefficient (Wildman–Crippen LogP) is 2.83. The van der Waals surface area contributed by atoms with Crippen molar-refractivity contribution in [1.29, 1.82) is 0 Å². The summed E-state index contributed by atoms with van der Waals surface area (Å²) in [6, 6.07) is 14.7. The lowest BCUT2D eigenvalue weighted by atomic mass is 10.1. The van der Waals surface area contributed by atoms with Crippen molar-refractivity contribution in [3.05, 3.63) is 82.7 Å². The first-order chi connectivity index (χ1) is 12.0. The smallest absolute Gasteiger partial charge is 0.267 e. The van der Waals surface area contributed by atoms with E-state index in [9.17, 15) is 18.4 Å². The molecule has 1 heterocycles. The van der Waals surface area contributed by atoms with E-state index in [4.69, 9.17) is 0 Å². The SMILES string of the molecule is O=C(Cn1nc(-c2ccccc2)ccc1=O)Nc1cc(F)ccc1F. The Hall–Kier alpha value is -3.35. The average Bonchev–Trinajstić information content (AvgIpc) is 2.61. The lowest BCUT2D eigenvalue weighted by Gasteiger charge is -2.09.